The van der Waals surface area contributed by atoms with E-state index in [0.29, 0.717) is 10.2 Å². The van der Waals surface area contributed by atoms with Gasteiger partial charge in [0.1, 0.15) is 5.69 Å². The average Bonchev–Trinajstić information content (AvgIpc) is 2.08. The van der Waals surface area contributed by atoms with Gasteiger partial charge in [0.15, 0.2) is 0 Å². The number of methoxy groups -OCH3 is 1. The standard InChI is InChI=1S/C7H7BrN2O2/c1-12-7(11)6-2-4(8)5(9)3-10-6/h2-3H,9H2,1H3. The van der Waals surface area contributed by atoms with E-state index in [1.165, 1.54) is 19.4 Å². The highest BCUT2D eigenvalue weighted by atomic mass is 79.9. The van der Waals surface area contributed by atoms with Crippen LogP contribution in [0.5, 0.6) is 0 Å². The van der Waals surface area contributed by atoms with Gasteiger partial charge >= 0.3 is 5.97 Å². The molecule has 1 aromatic heterocycles. The first-order chi connectivity index (χ1) is 5.65. The third-order valence-electron chi connectivity index (χ3n) is 1.28. The Morgan fingerprint density at radius 3 is 2.92 bits per heavy atom. The number of carbonyl (C=O) groups is 1. The summed E-state index contributed by atoms with van der Waals surface area (Å²) in [6.45, 7) is 0. The van der Waals surface area contributed by atoms with Gasteiger partial charge in [0.05, 0.1) is 19.0 Å². The number of aromatic nitrogens is 1. The van der Waals surface area contributed by atoms with Gasteiger partial charge in [-0.15, -0.1) is 0 Å². The van der Waals surface area contributed by atoms with Gasteiger partial charge in [0.25, 0.3) is 0 Å². The molecule has 0 aromatic carbocycles. The van der Waals surface area contributed by atoms with Crippen LogP contribution in [0.2, 0.25) is 0 Å². The molecule has 0 spiro atoms. The second kappa shape index (κ2) is 3.53. The monoisotopic (exact) mass is 230 g/mol. The molecule has 0 unspecified atom stereocenters. The Labute approximate surface area is 77.9 Å². The summed E-state index contributed by atoms with van der Waals surface area (Å²) in [7, 11) is 1.30. The van der Waals surface area contributed by atoms with E-state index in [0.717, 1.165) is 0 Å². The van der Waals surface area contributed by atoms with E-state index in [1.54, 1.807) is 0 Å². The number of esters is 1. The maximum absolute atomic E-state index is 10.9. The van der Waals surface area contributed by atoms with Crippen molar-refractivity contribution in [3.8, 4) is 0 Å². The third-order valence-corrected chi connectivity index (χ3v) is 1.96. The van der Waals surface area contributed by atoms with Crippen LogP contribution in [0.3, 0.4) is 0 Å². The highest BCUT2D eigenvalue weighted by Gasteiger charge is 2.07. The van der Waals surface area contributed by atoms with Gasteiger partial charge in [-0.05, 0) is 22.0 Å². The lowest BCUT2D eigenvalue weighted by molar-refractivity contribution is 0.0594. The maximum Gasteiger partial charge on any atom is 0.356 e. The minimum atomic E-state index is -0.476. The zero-order valence-electron chi connectivity index (χ0n) is 6.37. The zero-order chi connectivity index (χ0) is 9.14. The van der Waals surface area contributed by atoms with Gasteiger partial charge in [0, 0.05) is 4.47 Å². The molecule has 0 atom stereocenters. The van der Waals surface area contributed by atoms with E-state index >= 15 is 0 Å². The number of hydrogen-bond acceptors (Lipinski definition) is 4. The number of ether oxygens (including phenoxy) is 1. The Morgan fingerprint density at radius 1 is 1.75 bits per heavy atom. The molecule has 0 amide bonds. The molecule has 2 N–H and O–H groups in total. The van der Waals surface area contributed by atoms with Gasteiger partial charge in [0.2, 0.25) is 0 Å². The number of nitrogen functional groups attached to an aromatic ring is 1. The molecule has 64 valence electrons. The van der Waals surface area contributed by atoms with Crippen LogP contribution in [0.1, 0.15) is 10.5 Å². The number of nitrogens with zero attached hydrogens (tertiary/aromatic N) is 1. The fourth-order valence-corrected chi connectivity index (χ4v) is 0.977. The minimum Gasteiger partial charge on any atom is -0.464 e. The van der Waals surface area contributed by atoms with Crippen molar-refractivity contribution in [3.05, 3.63) is 22.4 Å². The number of hydrogen-bond donors (Lipinski definition) is 1. The first kappa shape index (κ1) is 8.99. The Kier molecular flexibility index (Phi) is 2.65. The molecule has 0 radical (unpaired) electrons. The molecular formula is C7H7BrN2O2. The van der Waals surface area contributed by atoms with Gasteiger partial charge in [-0.25, -0.2) is 9.78 Å². The number of anilines is 1. The summed E-state index contributed by atoms with van der Waals surface area (Å²) in [6, 6.07) is 1.52. The Morgan fingerprint density at radius 2 is 2.42 bits per heavy atom. The molecule has 12 heavy (non-hydrogen) atoms. The van der Waals surface area contributed by atoms with Crippen LogP contribution in [0.4, 0.5) is 5.69 Å². The second-order valence-corrected chi connectivity index (χ2v) is 2.94. The predicted molar refractivity (Wildman–Crippen MR) is 47.7 cm³/mol. The highest BCUT2D eigenvalue weighted by Crippen LogP contribution is 2.18. The Bertz CT molecular complexity index is 314. The van der Waals surface area contributed by atoms with Gasteiger partial charge in [-0.1, -0.05) is 0 Å². The van der Waals surface area contributed by atoms with Crippen LogP contribution in [-0.4, -0.2) is 18.1 Å². The molecule has 0 saturated heterocycles. The Hall–Kier alpha value is -1.10. The van der Waals surface area contributed by atoms with Crippen molar-refractivity contribution in [2.45, 2.75) is 0 Å². The van der Waals surface area contributed by atoms with Crippen molar-refractivity contribution >= 4 is 27.6 Å². The molecule has 0 saturated carbocycles. The molecule has 4 nitrogen and oxygen atoms in total. The second-order valence-electron chi connectivity index (χ2n) is 2.08. The summed E-state index contributed by atoms with van der Waals surface area (Å²) in [5.41, 5.74) is 6.19. The zero-order valence-corrected chi connectivity index (χ0v) is 7.96. The first-order valence-corrected chi connectivity index (χ1v) is 3.93. The molecule has 1 aromatic rings. The van der Waals surface area contributed by atoms with E-state index in [4.69, 9.17) is 5.73 Å². The largest absolute Gasteiger partial charge is 0.464 e. The van der Waals surface area contributed by atoms with Crippen LogP contribution in [-0.2, 0) is 4.74 Å². The van der Waals surface area contributed by atoms with E-state index in [9.17, 15) is 4.79 Å². The number of carbonyl (C=O) groups excluding carboxylic acids is 1. The maximum atomic E-state index is 10.9. The number of pyridine rings is 1. The predicted octanol–water partition coefficient (Wildman–Crippen LogP) is 1.21. The smallest absolute Gasteiger partial charge is 0.356 e. The van der Waals surface area contributed by atoms with E-state index in [-0.39, 0.29) is 5.69 Å². The molecule has 0 aliphatic rings. The topological polar surface area (TPSA) is 65.2 Å². The summed E-state index contributed by atoms with van der Waals surface area (Å²) in [5.74, 6) is -0.476. The van der Waals surface area contributed by atoms with Crippen LogP contribution < -0.4 is 5.73 Å². The van der Waals surface area contributed by atoms with E-state index < -0.39 is 5.97 Å². The Balaban J connectivity index is 3.05. The van der Waals surface area contributed by atoms with E-state index in [2.05, 4.69) is 25.7 Å². The fourth-order valence-electron chi connectivity index (χ4n) is 0.658. The van der Waals surface area contributed by atoms with Gasteiger partial charge in [-0.2, -0.15) is 0 Å². The molecule has 1 heterocycles. The van der Waals surface area contributed by atoms with E-state index in [1.807, 2.05) is 0 Å². The number of rotatable bonds is 1. The molecular weight excluding hydrogens is 224 g/mol. The highest BCUT2D eigenvalue weighted by molar-refractivity contribution is 9.10. The van der Waals surface area contributed by atoms with Crippen LogP contribution >= 0.6 is 15.9 Å². The normalized spacial score (nSPS) is 9.50. The fraction of sp³-hybridized carbons (Fsp3) is 0.143. The molecule has 0 fully saturated rings. The number of halogens is 1. The lowest BCUT2D eigenvalue weighted by Crippen LogP contribution is -2.04. The summed E-state index contributed by atoms with van der Waals surface area (Å²) >= 11 is 3.17. The summed E-state index contributed by atoms with van der Waals surface area (Å²) in [4.78, 5) is 14.7. The summed E-state index contributed by atoms with van der Waals surface area (Å²) in [6.07, 6.45) is 1.40. The van der Waals surface area contributed by atoms with Crippen molar-refractivity contribution in [1.82, 2.24) is 4.98 Å². The van der Waals surface area contributed by atoms with Crippen molar-refractivity contribution < 1.29 is 9.53 Å². The quantitative estimate of drug-likeness (QED) is 0.737. The summed E-state index contributed by atoms with van der Waals surface area (Å²) < 4.78 is 5.10. The first-order valence-electron chi connectivity index (χ1n) is 3.14. The van der Waals surface area contributed by atoms with Crippen molar-refractivity contribution in [2.75, 3.05) is 12.8 Å². The summed E-state index contributed by atoms with van der Waals surface area (Å²) in [5, 5.41) is 0. The molecule has 0 aliphatic carbocycles. The lowest BCUT2D eigenvalue weighted by atomic mass is 10.3. The molecule has 0 bridgehead atoms. The average molecular weight is 231 g/mol. The molecule has 0 aliphatic heterocycles. The van der Waals surface area contributed by atoms with Gasteiger partial charge in [-0.3, -0.25) is 0 Å². The van der Waals surface area contributed by atoms with Crippen LogP contribution in [0, 0.1) is 0 Å². The lowest BCUT2D eigenvalue weighted by Gasteiger charge is -2.00. The molecule has 1 rings (SSSR count). The van der Waals surface area contributed by atoms with Crippen molar-refractivity contribution in [2.24, 2.45) is 0 Å². The molecule has 5 heteroatoms. The van der Waals surface area contributed by atoms with Crippen molar-refractivity contribution in [3.63, 3.8) is 0 Å². The van der Waals surface area contributed by atoms with Crippen molar-refractivity contribution in [1.29, 1.82) is 0 Å². The third kappa shape index (κ3) is 1.73. The van der Waals surface area contributed by atoms with Gasteiger partial charge < -0.3 is 10.5 Å². The van der Waals surface area contributed by atoms with Crippen LogP contribution in [0.25, 0.3) is 0 Å². The SMILES string of the molecule is COC(=O)c1cc(Br)c(N)cn1. The van der Waals surface area contributed by atoms with Crippen LogP contribution in [0.15, 0.2) is 16.7 Å². The minimum absolute atomic E-state index is 0.235. The number of nitrogens with two attached hydrogens (primary N) is 1.